The second-order valence-corrected chi connectivity index (χ2v) is 6.92. The number of hydrogen-bond donors (Lipinski definition) is 1. The normalized spacial score (nSPS) is 11.2. The highest BCUT2D eigenvalue weighted by Crippen LogP contribution is 2.12. The van der Waals surface area contributed by atoms with Gasteiger partial charge in [0.1, 0.15) is 0 Å². The maximum absolute atomic E-state index is 11.8. The van der Waals surface area contributed by atoms with Crippen molar-refractivity contribution in [1.29, 1.82) is 0 Å². The zero-order chi connectivity index (χ0) is 14.6. The summed E-state index contributed by atoms with van der Waals surface area (Å²) in [5.74, 6) is -0.565. The van der Waals surface area contributed by atoms with Crippen LogP contribution in [0.1, 0.15) is 18.1 Å². The maximum atomic E-state index is 11.8. The van der Waals surface area contributed by atoms with Crippen LogP contribution in [0.15, 0.2) is 40.2 Å². The zero-order valence-electron chi connectivity index (χ0n) is 10.9. The minimum atomic E-state index is -3.84. The van der Waals surface area contributed by atoms with Crippen LogP contribution in [0.3, 0.4) is 0 Å². The third-order valence-electron chi connectivity index (χ3n) is 2.68. The third kappa shape index (κ3) is 3.64. The Kier molecular flexibility index (Phi) is 4.51. The predicted molar refractivity (Wildman–Crippen MR) is 77.0 cm³/mol. The molecule has 20 heavy (non-hydrogen) atoms. The van der Waals surface area contributed by atoms with Crippen molar-refractivity contribution >= 4 is 27.3 Å². The molecule has 0 unspecified atom stereocenters. The Balaban J connectivity index is 2.02. The monoisotopic (exact) mass is 310 g/mol. The van der Waals surface area contributed by atoms with Gasteiger partial charge in [-0.3, -0.25) is 4.79 Å². The van der Waals surface area contributed by atoms with Crippen molar-refractivity contribution in [3.63, 3.8) is 0 Å². The molecule has 0 atom stereocenters. The summed E-state index contributed by atoms with van der Waals surface area (Å²) in [6.45, 7) is 2.04. The van der Waals surface area contributed by atoms with Crippen molar-refractivity contribution in [2.45, 2.75) is 24.1 Å². The van der Waals surface area contributed by atoms with Gasteiger partial charge in [-0.05, 0) is 17.5 Å². The van der Waals surface area contributed by atoms with E-state index in [0.717, 1.165) is 23.3 Å². The molecule has 1 heterocycles. The number of aromatic nitrogens is 1. The van der Waals surface area contributed by atoms with Crippen LogP contribution in [0.5, 0.6) is 0 Å². The Morgan fingerprint density at radius 1 is 1.25 bits per heavy atom. The van der Waals surface area contributed by atoms with Gasteiger partial charge in [0.05, 0.1) is 6.42 Å². The molecule has 0 fully saturated rings. The number of amides is 1. The molecular formula is C13H14N2O3S2. The van der Waals surface area contributed by atoms with Crippen molar-refractivity contribution in [2.24, 2.45) is 0 Å². The number of sulfonamides is 1. The molecule has 1 aromatic heterocycles. The molecule has 1 aromatic carbocycles. The van der Waals surface area contributed by atoms with Gasteiger partial charge in [-0.15, -0.1) is 11.3 Å². The first-order valence-electron chi connectivity index (χ1n) is 6.04. The molecule has 0 aliphatic rings. The molecular weight excluding hydrogens is 296 g/mol. The van der Waals surface area contributed by atoms with E-state index < -0.39 is 15.9 Å². The van der Waals surface area contributed by atoms with Gasteiger partial charge >= 0.3 is 0 Å². The predicted octanol–water partition coefficient (Wildman–Crippen LogP) is 1.75. The van der Waals surface area contributed by atoms with Crippen LogP contribution < -0.4 is 4.72 Å². The van der Waals surface area contributed by atoms with Gasteiger partial charge < -0.3 is 0 Å². The summed E-state index contributed by atoms with van der Waals surface area (Å²) in [5.41, 5.74) is 1.94. The Bertz CT molecular complexity index is 677. The summed E-state index contributed by atoms with van der Waals surface area (Å²) in [6.07, 6.45) is 2.33. The van der Waals surface area contributed by atoms with Crippen LogP contribution in [-0.4, -0.2) is 19.3 Å². The lowest BCUT2D eigenvalue weighted by molar-refractivity contribution is -0.118. The highest BCUT2D eigenvalue weighted by atomic mass is 32.2. The number of hydrogen-bond acceptors (Lipinski definition) is 5. The van der Waals surface area contributed by atoms with Crippen LogP contribution >= 0.6 is 11.3 Å². The Labute approximate surface area is 121 Å². The Hall–Kier alpha value is -1.73. The number of nitrogens with one attached hydrogen (secondary N) is 1. The van der Waals surface area contributed by atoms with E-state index in [9.17, 15) is 13.2 Å². The Morgan fingerprint density at radius 2 is 1.90 bits per heavy atom. The lowest BCUT2D eigenvalue weighted by atomic mass is 10.1. The van der Waals surface area contributed by atoms with Crippen LogP contribution in [0.2, 0.25) is 0 Å². The third-order valence-corrected chi connectivity index (χ3v) is 5.26. The molecule has 2 aromatic rings. The molecule has 0 saturated carbocycles. The van der Waals surface area contributed by atoms with Gasteiger partial charge in [0.25, 0.3) is 10.0 Å². The first kappa shape index (κ1) is 14.7. The highest BCUT2D eigenvalue weighted by Gasteiger charge is 2.20. The molecule has 106 valence electrons. The molecule has 0 spiro atoms. The lowest BCUT2D eigenvalue weighted by Crippen LogP contribution is -2.31. The van der Waals surface area contributed by atoms with E-state index in [1.54, 1.807) is 5.38 Å². The summed E-state index contributed by atoms with van der Waals surface area (Å²) >= 11 is 0.969. The van der Waals surface area contributed by atoms with Crippen LogP contribution in [0.4, 0.5) is 0 Å². The van der Waals surface area contributed by atoms with E-state index in [-0.39, 0.29) is 10.8 Å². The number of aryl methyl sites for hydroxylation is 1. The minimum absolute atomic E-state index is 0.0224. The lowest BCUT2D eigenvalue weighted by Gasteiger charge is -2.05. The van der Waals surface area contributed by atoms with Gasteiger partial charge in [-0.25, -0.2) is 9.71 Å². The highest BCUT2D eigenvalue weighted by molar-refractivity contribution is 7.92. The van der Waals surface area contributed by atoms with Crippen LogP contribution in [0, 0.1) is 0 Å². The second-order valence-electron chi connectivity index (χ2n) is 4.17. The average Bonchev–Trinajstić information content (AvgIpc) is 2.93. The van der Waals surface area contributed by atoms with Crippen molar-refractivity contribution in [1.82, 2.24) is 9.71 Å². The molecule has 0 aliphatic carbocycles. The molecule has 7 heteroatoms. The molecule has 2 rings (SSSR count). The fourth-order valence-corrected chi connectivity index (χ4v) is 3.47. The van der Waals surface area contributed by atoms with Gasteiger partial charge in [-0.2, -0.15) is 8.42 Å². The average molecular weight is 310 g/mol. The SMILES string of the molecule is CCc1ccc(CC(=O)NS(=O)(=O)c2nccs2)cc1. The van der Waals surface area contributed by atoms with Crippen LogP contribution in [0.25, 0.3) is 0 Å². The maximum Gasteiger partial charge on any atom is 0.291 e. The van der Waals surface area contributed by atoms with Gasteiger partial charge in [-0.1, -0.05) is 31.2 Å². The number of thiazole rings is 1. The van der Waals surface area contributed by atoms with Crippen LogP contribution in [-0.2, 0) is 27.7 Å². The Morgan fingerprint density at radius 3 is 2.45 bits per heavy atom. The summed E-state index contributed by atoms with van der Waals surface area (Å²) in [5, 5.41) is 1.54. The molecule has 0 aliphatic heterocycles. The molecule has 0 radical (unpaired) electrons. The van der Waals surface area contributed by atoms with Gasteiger partial charge in [0.15, 0.2) is 0 Å². The largest absolute Gasteiger partial charge is 0.291 e. The first-order chi connectivity index (χ1) is 9.51. The minimum Gasteiger partial charge on any atom is -0.274 e. The van der Waals surface area contributed by atoms with E-state index in [1.807, 2.05) is 35.9 Å². The van der Waals surface area contributed by atoms with E-state index in [2.05, 4.69) is 4.98 Å². The summed E-state index contributed by atoms with van der Waals surface area (Å²) < 4.78 is 25.5. The number of rotatable bonds is 5. The summed E-state index contributed by atoms with van der Waals surface area (Å²) in [4.78, 5) is 15.5. The van der Waals surface area contributed by atoms with E-state index >= 15 is 0 Å². The second kappa shape index (κ2) is 6.15. The molecule has 0 bridgehead atoms. The number of nitrogens with zero attached hydrogens (tertiary/aromatic N) is 1. The summed E-state index contributed by atoms with van der Waals surface area (Å²) in [7, 11) is -3.84. The first-order valence-corrected chi connectivity index (χ1v) is 8.40. The van der Waals surface area contributed by atoms with E-state index in [4.69, 9.17) is 0 Å². The topological polar surface area (TPSA) is 76.1 Å². The summed E-state index contributed by atoms with van der Waals surface area (Å²) in [6, 6.07) is 7.51. The van der Waals surface area contributed by atoms with Crippen molar-refractivity contribution in [2.75, 3.05) is 0 Å². The van der Waals surface area contributed by atoms with Crippen molar-refractivity contribution in [3.8, 4) is 0 Å². The quantitative estimate of drug-likeness (QED) is 0.913. The molecule has 0 saturated heterocycles. The van der Waals surface area contributed by atoms with E-state index in [1.165, 1.54) is 11.8 Å². The number of benzene rings is 1. The number of carbonyl (C=O) groups excluding carboxylic acids is 1. The molecule has 1 N–H and O–H groups in total. The molecule has 1 amide bonds. The zero-order valence-corrected chi connectivity index (χ0v) is 12.5. The van der Waals surface area contributed by atoms with Gasteiger partial charge in [0, 0.05) is 11.6 Å². The van der Waals surface area contributed by atoms with E-state index in [0.29, 0.717) is 0 Å². The number of carbonyl (C=O) groups is 1. The van der Waals surface area contributed by atoms with Crippen molar-refractivity contribution in [3.05, 3.63) is 47.0 Å². The fourth-order valence-electron chi connectivity index (χ4n) is 1.65. The smallest absolute Gasteiger partial charge is 0.274 e. The fraction of sp³-hybridized carbons (Fsp3) is 0.231. The molecule has 5 nitrogen and oxygen atoms in total. The standard InChI is InChI=1S/C13H14N2O3S2/c1-2-10-3-5-11(6-4-10)9-12(16)15-20(17,18)13-14-7-8-19-13/h3-8H,2,9H2,1H3,(H,15,16). The van der Waals surface area contributed by atoms with Crippen molar-refractivity contribution < 1.29 is 13.2 Å². The van der Waals surface area contributed by atoms with Gasteiger partial charge in [0.2, 0.25) is 10.2 Å².